The maximum atomic E-state index is 13.3. The van der Waals surface area contributed by atoms with Gasteiger partial charge in [-0.1, -0.05) is 12.1 Å². The average Bonchev–Trinajstić information content (AvgIpc) is 3.22. The normalized spacial score (nSPS) is 16.8. The first-order valence-corrected chi connectivity index (χ1v) is 7.02. The highest BCUT2D eigenvalue weighted by atomic mass is 19.1. The number of nitrogens with one attached hydrogen (secondary N) is 1. The molecule has 0 aliphatic heterocycles. The Labute approximate surface area is 114 Å². The van der Waals surface area contributed by atoms with Gasteiger partial charge in [-0.2, -0.15) is 0 Å². The maximum Gasteiger partial charge on any atom is 0.123 e. The van der Waals surface area contributed by atoms with E-state index in [-0.39, 0.29) is 18.5 Å². The van der Waals surface area contributed by atoms with Crippen LogP contribution in [0.1, 0.15) is 30.9 Å². The summed E-state index contributed by atoms with van der Waals surface area (Å²) in [4.78, 5) is 2.34. The molecule has 1 saturated carbocycles. The van der Waals surface area contributed by atoms with Crippen molar-refractivity contribution >= 4 is 0 Å². The first-order chi connectivity index (χ1) is 9.24. The van der Waals surface area contributed by atoms with Gasteiger partial charge in [-0.3, -0.25) is 4.90 Å². The van der Waals surface area contributed by atoms with Crippen molar-refractivity contribution in [2.75, 3.05) is 26.7 Å². The molecule has 0 heterocycles. The fraction of sp³-hybridized carbons (Fsp3) is 0.600. The van der Waals surface area contributed by atoms with Gasteiger partial charge in [-0.15, -0.1) is 0 Å². The van der Waals surface area contributed by atoms with E-state index in [1.54, 1.807) is 12.1 Å². The van der Waals surface area contributed by atoms with Gasteiger partial charge in [-0.05, 0) is 44.0 Å². The zero-order chi connectivity index (χ0) is 13.7. The Balaban J connectivity index is 1.91. The molecular formula is C15H23FN2O. The van der Waals surface area contributed by atoms with Crippen molar-refractivity contribution in [2.24, 2.45) is 0 Å². The maximum absolute atomic E-state index is 13.3. The van der Waals surface area contributed by atoms with E-state index in [0.29, 0.717) is 6.04 Å². The topological polar surface area (TPSA) is 35.5 Å². The van der Waals surface area contributed by atoms with Crippen LogP contribution in [-0.4, -0.2) is 42.8 Å². The molecule has 106 valence electrons. The van der Waals surface area contributed by atoms with Gasteiger partial charge >= 0.3 is 0 Å². The fourth-order valence-corrected chi connectivity index (χ4v) is 2.54. The second kappa shape index (κ2) is 6.98. The molecule has 0 bridgehead atoms. The summed E-state index contributed by atoms with van der Waals surface area (Å²) in [6, 6.07) is 7.58. The van der Waals surface area contributed by atoms with E-state index in [9.17, 15) is 4.39 Å². The minimum atomic E-state index is -0.188. The van der Waals surface area contributed by atoms with Gasteiger partial charge in [0.25, 0.3) is 0 Å². The molecule has 2 rings (SSSR count). The summed E-state index contributed by atoms with van der Waals surface area (Å²) in [7, 11) is 1.91. The second-order valence-corrected chi connectivity index (χ2v) is 5.18. The lowest BCUT2D eigenvalue weighted by Gasteiger charge is -2.24. The number of halogens is 1. The van der Waals surface area contributed by atoms with E-state index < -0.39 is 0 Å². The van der Waals surface area contributed by atoms with Gasteiger partial charge in [0.1, 0.15) is 5.82 Å². The van der Waals surface area contributed by atoms with Crippen LogP contribution >= 0.6 is 0 Å². The van der Waals surface area contributed by atoms with E-state index >= 15 is 0 Å². The molecule has 1 aromatic rings. The van der Waals surface area contributed by atoms with E-state index in [1.165, 1.54) is 18.9 Å². The lowest BCUT2D eigenvalue weighted by atomic mass is 10.0. The van der Waals surface area contributed by atoms with Crippen LogP contribution in [0.4, 0.5) is 4.39 Å². The lowest BCUT2D eigenvalue weighted by Crippen LogP contribution is -2.32. The van der Waals surface area contributed by atoms with E-state index in [2.05, 4.69) is 10.2 Å². The Kier molecular flexibility index (Phi) is 5.31. The number of nitrogens with zero attached hydrogens (tertiary/aromatic N) is 1. The highest BCUT2D eigenvalue weighted by molar-refractivity contribution is 5.20. The quantitative estimate of drug-likeness (QED) is 0.755. The van der Waals surface area contributed by atoms with Crippen LogP contribution in [0, 0.1) is 5.82 Å². The third kappa shape index (κ3) is 4.27. The van der Waals surface area contributed by atoms with Gasteiger partial charge in [-0.25, -0.2) is 4.39 Å². The standard InChI is InChI=1S/C15H23FN2O/c1-17-15(12-3-2-4-13(16)11-12)7-8-18(9-10-19)14-5-6-14/h2-4,11,14-15,17,19H,5-10H2,1H3. The number of benzene rings is 1. The molecule has 0 amide bonds. The fourth-order valence-electron chi connectivity index (χ4n) is 2.54. The van der Waals surface area contributed by atoms with Gasteiger partial charge in [0.15, 0.2) is 0 Å². The molecule has 1 atom stereocenters. The molecule has 0 saturated heterocycles. The summed E-state index contributed by atoms with van der Waals surface area (Å²) in [6.45, 7) is 1.89. The summed E-state index contributed by atoms with van der Waals surface area (Å²) >= 11 is 0. The molecule has 1 aliphatic rings. The van der Waals surface area contributed by atoms with Gasteiger partial charge in [0.05, 0.1) is 6.61 Å². The van der Waals surface area contributed by atoms with Crippen molar-refractivity contribution in [1.82, 2.24) is 10.2 Å². The molecule has 1 fully saturated rings. The molecule has 1 unspecified atom stereocenters. The Bertz CT molecular complexity index is 395. The SMILES string of the molecule is CNC(CCN(CCO)C1CC1)c1cccc(F)c1. The van der Waals surface area contributed by atoms with Crippen LogP contribution in [0.2, 0.25) is 0 Å². The molecule has 19 heavy (non-hydrogen) atoms. The summed E-state index contributed by atoms with van der Waals surface area (Å²) in [6.07, 6.45) is 3.41. The zero-order valence-corrected chi connectivity index (χ0v) is 11.5. The third-order valence-electron chi connectivity index (χ3n) is 3.75. The average molecular weight is 266 g/mol. The van der Waals surface area contributed by atoms with Crippen molar-refractivity contribution < 1.29 is 9.50 Å². The Hall–Kier alpha value is -0.970. The van der Waals surface area contributed by atoms with Crippen LogP contribution in [0.3, 0.4) is 0 Å². The third-order valence-corrected chi connectivity index (χ3v) is 3.75. The van der Waals surface area contributed by atoms with Crippen LogP contribution in [0.25, 0.3) is 0 Å². The first-order valence-electron chi connectivity index (χ1n) is 7.02. The molecule has 0 spiro atoms. The first kappa shape index (κ1) is 14.4. The monoisotopic (exact) mass is 266 g/mol. The van der Waals surface area contributed by atoms with Crippen LogP contribution in [0.15, 0.2) is 24.3 Å². The highest BCUT2D eigenvalue weighted by Crippen LogP contribution is 2.28. The van der Waals surface area contributed by atoms with Crippen molar-refractivity contribution in [3.05, 3.63) is 35.6 Å². The van der Waals surface area contributed by atoms with Crippen LogP contribution < -0.4 is 5.32 Å². The number of aliphatic hydroxyl groups excluding tert-OH is 1. The number of hydrogen-bond donors (Lipinski definition) is 2. The van der Waals surface area contributed by atoms with E-state index in [4.69, 9.17) is 5.11 Å². The predicted molar refractivity (Wildman–Crippen MR) is 74.5 cm³/mol. The Morgan fingerprint density at radius 1 is 1.42 bits per heavy atom. The number of hydrogen-bond acceptors (Lipinski definition) is 3. The van der Waals surface area contributed by atoms with E-state index in [0.717, 1.165) is 25.1 Å². The largest absolute Gasteiger partial charge is 0.395 e. The second-order valence-electron chi connectivity index (χ2n) is 5.18. The summed E-state index contributed by atoms with van der Waals surface area (Å²) < 4.78 is 13.3. The van der Waals surface area contributed by atoms with Crippen LogP contribution in [0.5, 0.6) is 0 Å². The molecule has 0 aromatic heterocycles. The van der Waals surface area contributed by atoms with Crippen molar-refractivity contribution in [2.45, 2.75) is 31.3 Å². The molecule has 1 aromatic carbocycles. The van der Waals surface area contributed by atoms with Gasteiger partial charge < -0.3 is 10.4 Å². The smallest absolute Gasteiger partial charge is 0.123 e. The van der Waals surface area contributed by atoms with Crippen molar-refractivity contribution in [3.63, 3.8) is 0 Å². The Morgan fingerprint density at radius 3 is 2.79 bits per heavy atom. The van der Waals surface area contributed by atoms with Gasteiger partial charge in [0.2, 0.25) is 0 Å². The zero-order valence-electron chi connectivity index (χ0n) is 11.5. The summed E-state index contributed by atoms with van der Waals surface area (Å²) in [5, 5.41) is 12.3. The Morgan fingerprint density at radius 2 is 2.21 bits per heavy atom. The molecular weight excluding hydrogens is 243 g/mol. The number of rotatable bonds is 8. The molecule has 3 nitrogen and oxygen atoms in total. The van der Waals surface area contributed by atoms with Crippen molar-refractivity contribution in [3.8, 4) is 0 Å². The molecule has 4 heteroatoms. The molecule has 1 aliphatic carbocycles. The minimum Gasteiger partial charge on any atom is -0.395 e. The predicted octanol–water partition coefficient (Wildman–Crippen LogP) is 1.93. The van der Waals surface area contributed by atoms with Crippen LogP contribution in [-0.2, 0) is 0 Å². The lowest BCUT2D eigenvalue weighted by molar-refractivity contribution is 0.183. The number of aliphatic hydroxyl groups is 1. The summed E-state index contributed by atoms with van der Waals surface area (Å²) in [5.41, 5.74) is 0.988. The van der Waals surface area contributed by atoms with Crippen molar-refractivity contribution in [1.29, 1.82) is 0 Å². The summed E-state index contributed by atoms with van der Waals surface area (Å²) in [5.74, 6) is -0.188. The minimum absolute atomic E-state index is 0.163. The van der Waals surface area contributed by atoms with Gasteiger partial charge in [0, 0.05) is 25.2 Å². The van der Waals surface area contributed by atoms with E-state index in [1.807, 2.05) is 13.1 Å². The molecule has 2 N–H and O–H groups in total. The molecule has 0 radical (unpaired) electrons. The highest BCUT2D eigenvalue weighted by Gasteiger charge is 2.28.